The van der Waals surface area contributed by atoms with Gasteiger partial charge in [0.25, 0.3) is 0 Å². The average Bonchev–Trinajstić information content (AvgIpc) is 3.34. The van der Waals surface area contributed by atoms with Gasteiger partial charge in [0, 0.05) is 42.6 Å². The Hall–Kier alpha value is -5.18. The van der Waals surface area contributed by atoms with Crippen molar-refractivity contribution in [2.24, 2.45) is 22.9 Å². The van der Waals surface area contributed by atoms with Crippen LogP contribution in [0.2, 0.25) is 0 Å². The van der Waals surface area contributed by atoms with Gasteiger partial charge in [-0.3, -0.25) is 4.90 Å². The van der Waals surface area contributed by atoms with E-state index < -0.39 is 35.3 Å². The van der Waals surface area contributed by atoms with Gasteiger partial charge < -0.3 is 38.7 Å². The van der Waals surface area contributed by atoms with Gasteiger partial charge in [0.2, 0.25) is 5.79 Å². The summed E-state index contributed by atoms with van der Waals surface area (Å²) in [6, 6.07) is 28.8. The van der Waals surface area contributed by atoms with Crippen LogP contribution in [-0.4, -0.2) is 83.6 Å². The van der Waals surface area contributed by atoms with Crippen molar-refractivity contribution in [3.8, 4) is 17.2 Å². The van der Waals surface area contributed by atoms with Crippen molar-refractivity contribution in [2.75, 3.05) is 39.3 Å². The Morgan fingerprint density at radius 3 is 2.34 bits per heavy atom. The number of oxime groups is 1. The molecule has 0 saturated heterocycles. The van der Waals surface area contributed by atoms with E-state index in [0.29, 0.717) is 48.0 Å². The third-order valence-electron chi connectivity index (χ3n) is 12.8. The van der Waals surface area contributed by atoms with Crippen LogP contribution < -0.4 is 9.47 Å². The molecule has 1 heterocycles. The third kappa shape index (κ3) is 12.5. The summed E-state index contributed by atoms with van der Waals surface area (Å²) in [5, 5.41) is 25.0. The number of aliphatic hydroxyl groups excluding tert-OH is 2. The molecule has 0 unspecified atom stereocenters. The number of benzene rings is 4. The van der Waals surface area contributed by atoms with Crippen LogP contribution in [0.1, 0.15) is 88.3 Å². The molecular weight excluding hydrogens is 884 g/mol. The first kappa shape index (κ1) is 50.7. The van der Waals surface area contributed by atoms with E-state index in [2.05, 4.69) is 18.7 Å². The van der Waals surface area contributed by atoms with Gasteiger partial charge in [-0.25, -0.2) is 9.18 Å². The van der Waals surface area contributed by atoms with Crippen LogP contribution in [0.15, 0.2) is 131 Å². The van der Waals surface area contributed by atoms with Crippen LogP contribution >= 0.6 is 11.8 Å². The number of allylic oxidation sites excluding steroid dienone is 1. The van der Waals surface area contributed by atoms with Gasteiger partial charge in [-0.2, -0.15) is 0 Å². The molecule has 11 nitrogen and oxygen atoms in total. The molecular formula is C55H67FN2O9S. The smallest absolute Gasteiger partial charge is 0.410 e. The second-order valence-electron chi connectivity index (χ2n) is 18.7. The Labute approximate surface area is 405 Å². The highest BCUT2D eigenvalue weighted by Gasteiger charge is 2.65. The molecule has 364 valence electrons. The van der Waals surface area contributed by atoms with Gasteiger partial charge in [0.05, 0.1) is 31.5 Å². The zero-order valence-electron chi connectivity index (χ0n) is 39.8. The number of carbonyl (C=O) groups excluding carboxylic acids is 1. The predicted molar refractivity (Wildman–Crippen MR) is 263 cm³/mol. The monoisotopic (exact) mass is 950 g/mol. The maximum atomic E-state index is 14.9. The number of amides is 1. The van der Waals surface area contributed by atoms with Crippen molar-refractivity contribution in [3.05, 3.63) is 144 Å². The first-order chi connectivity index (χ1) is 33.0. The lowest BCUT2D eigenvalue weighted by Gasteiger charge is -2.60. The molecule has 1 saturated carbocycles. The second kappa shape index (κ2) is 23.9. The molecule has 4 aromatic rings. The summed E-state index contributed by atoms with van der Waals surface area (Å²) in [6.45, 7) is 10.6. The molecule has 6 atom stereocenters. The van der Waals surface area contributed by atoms with E-state index in [1.165, 1.54) is 12.1 Å². The van der Waals surface area contributed by atoms with Gasteiger partial charge >= 0.3 is 6.09 Å². The van der Waals surface area contributed by atoms with E-state index in [0.717, 1.165) is 47.3 Å². The van der Waals surface area contributed by atoms with E-state index >= 15 is 0 Å². The Kier molecular flexibility index (Phi) is 17.8. The predicted octanol–water partition coefficient (Wildman–Crippen LogP) is 11.6. The fourth-order valence-corrected chi connectivity index (χ4v) is 10.2. The average molecular weight is 951 g/mol. The number of ether oxygens (including phenoxy) is 5. The van der Waals surface area contributed by atoms with Gasteiger partial charge in [0.15, 0.2) is 0 Å². The summed E-state index contributed by atoms with van der Waals surface area (Å²) < 4.78 is 47.6. The summed E-state index contributed by atoms with van der Waals surface area (Å²) in [5.41, 5.74) is 3.50. The number of carbonyl (C=O) groups is 1. The molecule has 0 spiro atoms. The number of aliphatic hydroxyl groups is 2. The van der Waals surface area contributed by atoms with Crippen LogP contribution in [0.3, 0.4) is 0 Å². The summed E-state index contributed by atoms with van der Waals surface area (Å²) in [6.07, 6.45) is 9.98. The first-order valence-electron chi connectivity index (χ1n) is 23.8. The van der Waals surface area contributed by atoms with Gasteiger partial charge in [-0.05, 0) is 136 Å². The Balaban J connectivity index is 1.39. The molecule has 3 aliphatic rings. The highest BCUT2D eigenvalue weighted by Crippen LogP contribution is 2.62. The minimum Gasteiger partial charge on any atom is -0.459 e. The second-order valence-corrected chi connectivity index (χ2v) is 19.5. The number of rotatable bonds is 23. The summed E-state index contributed by atoms with van der Waals surface area (Å²) in [7, 11) is 0. The normalized spacial score (nSPS) is 22.3. The molecule has 0 radical (unpaired) electrons. The number of fused-ring (bicyclic) bond motifs is 2. The van der Waals surface area contributed by atoms with Crippen molar-refractivity contribution in [1.29, 1.82) is 0 Å². The molecule has 1 fully saturated rings. The highest BCUT2D eigenvalue weighted by atomic mass is 32.2. The zero-order valence-corrected chi connectivity index (χ0v) is 40.6. The fourth-order valence-electron chi connectivity index (χ4n) is 9.81. The summed E-state index contributed by atoms with van der Waals surface area (Å²) >= 11 is 1.66. The maximum absolute atomic E-state index is 14.9. The first-order valence-corrected chi connectivity index (χ1v) is 25.1. The molecule has 0 bridgehead atoms. The van der Waals surface area contributed by atoms with Crippen LogP contribution in [0, 0.1) is 23.6 Å². The van der Waals surface area contributed by atoms with Crippen molar-refractivity contribution in [2.45, 2.75) is 107 Å². The van der Waals surface area contributed by atoms with Crippen LogP contribution in [-0.2, 0) is 32.2 Å². The van der Waals surface area contributed by atoms with E-state index in [-0.39, 0.29) is 63.8 Å². The summed E-state index contributed by atoms with van der Waals surface area (Å²) in [4.78, 5) is 24.0. The SMILES string of the molecule is C=CCO[C@@]12Oc3ccc(Oc4ccc(SC)cc4)cc3[C@H]3[C@H](CCCCO)[C@@H](CCCCO)C=C(C(=NOC(C)(C)C)C[C@@H]1N(Cc1ccc(F)cc1)C(=O)OCCOCc1ccccc1)[C@H]32. The number of unbranched alkanes of at least 4 members (excludes halogenated alkanes) is 2. The van der Waals surface area contributed by atoms with E-state index in [9.17, 15) is 19.4 Å². The Morgan fingerprint density at radius 2 is 1.65 bits per heavy atom. The topological polar surface area (TPSA) is 129 Å². The molecule has 0 aromatic heterocycles. The quantitative estimate of drug-likeness (QED) is 0.0321. The Bertz CT molecular complexity index is 2320. The lowest BCUT2D eigenvalue weighted by Crippen LogP contribution is -2.70. The molecule has 1 aliphatic heterocycles. The van der Waals surface area contributed by atoms with Crippen LogP contribution in [0.5, 0.6) is 17.2 Å². The van der Waals surface area contributed by atoms with E-state index in [1.807, 2.05) is 93.8 Å². The van der Waals surface area contributed by atoms with E-state index in [1.54, 1.807) is 34.9 Å². The maximum Gasteiger partial charge on any atom is 0.410 e. The lowest BCUT2D eigenvalue weighted by molar-refractivity contribution is -0.256. The van der Waals surface area contributed by atoms with Crippen molar-refractivity contribution in [3.63, 3.8) is 0 Å². The van der Waals surface area contributed by atoms with Crippen LogP contribution in [0.4, 0.5) is 9.18 Å². The minimum absolute atomic E-state index is 0.00209. The molecule has 68 heavy (non-hydrogen) atoms. The number of thioether (sulfide) groups is 1. The molecule has 13 heteroatoms. The molecule has 7 rings (SSSR count). The van der Waals surface area contributed by atoms with Crippen molar-refractivity contribution in [1.82, 2.24) is 4.90 Å². The van der Waals surface area contributed by atoms with E-state index in [4.69, 9.17) is 33.7 Å². The zero-order chi connectivity index (χ0) is 48.1. The van der Waals surface area contributed by atoms with Gasteiger partial charge in [0.1, 0.15) is 41.3 Å². The number of halogens is 1. The lowest BCUT2D eigenvalue weighted by atomic mass is 9.55. The summed E-state index contributed by atoms with van der Waals surface area (Å²) in [5.74, 6) is -0.812. The van der Waals surface area contributed by atoms with Crippen LogP contribution in [0.25, 0.3) is 0 Å². The largest absolute Gasteiger partial charge is 0.459 e. The Morgan fingerprint density at radius 1 is 0.926 bits per heavy atom. The van der Waals surface area contributed by atoms with Crippen molar-refractivity contribution < 1.29 is 47.9 Å². The molecule has 2 N–H and O–H groups in total. The number of nitrogens with zero attached hydrogens (tertiary/aromatic N) is 2. The standard InChI is InChI=1S/C55H67FN2O9S/c1-6-30-64-55-50(58(36-38-18-20-41(56)21-19-38)53(61)63-32-31-62-37-39-14-8-7-9-15-39)35-48(57-67-54(2,3)4)46-33-40(16-10-12-28-59)45(17-11-13-29-60)51(52(46)55)47-34-43(24-27-49(47)66-55)65-42-22-25-44(68-5)26-23-42/h6-9,14-15,18-27,33-34,40,45,50-52,59-60H,1,10-13,16-17,28-32,35-37H2,2-5H3/t40-,45+,50-,51+,52+,55+/m0/s1. The molecule has 1 amide bonds. The number of hydrogen-bond acceptors (Lipinski definition) is 11. The van der Waals surface area contributed by atoms with Gasteiger partial charge in [-0.15, -0.1) is 18.3 Å². The third-order valence-corrected chi connectivity index (χ3v) is 13.6. The van der Waals surface area contributed by atoms with Gasteiger partial charge in [-0.1, -0.05) is 72.6 Å². The van der Waals surface area contributed by atoms with Crippen molar-refractivity contribution >= 4 is 23.6 Å². The highest BCUT2D eigenvalue weighted by molar-refractivity contribution is 7.98. The minimum atomic E-state index is -1.54. The fraction of sp³-hybridized carbons (Fsp3) is 0.455. The molecule has 2 aliphatic carbocycles. The number of hydrogen-bond donors (Lipinski definition) is 2. The molecule has 4 aromatic carbocycles.